The molecule has 4 aromatic rings. The first kappa shape index (κ1) is 15.0. The largest absolute Gasteiger partial charge is 0.271 e. The predicted octanol–water partition coefficient (Wildman–Crippen LogP) is 5.65. The molecule has 4 aromatic carbocycles. The van der Waals surface area contributed by atoms with Crippen LogP contribution in [-0.2, 0) is 0 Å². The number of rotatable bonds is 3. The van der Waals surface area contributed by atoms with Gasteiger partial charge in [-0.15, -0.1) is 0 Å². The molecule has 0 atom stereocenters. The molecule has 0 fully saturated rings. The minimum absolute atomic E-state index is 0.0393. The lowest BCUT2D eigenvalue weighted by Crippen LogP contribution is -1.89. The highest BCUT2D eigenvalue weighted by molar-refractivity contribution is 6.13. The van der Waals surface area contributed by atoms with Gasteiger partial charge in [0.25, 0.3) is 5.69 Å². The van der Waals surface area contributed by atoms with E-state index >= 15 is 0 Å². The van der Waals surface area contributed by atoms with Gasteiger partial charge >= 0.3 is 0 Å². The first-order valence-electron chi connectivity index (χ1n) is 7.91. The van der Waals surface area contributed by atoms with Crippen LogP contribution in [0.25, 0.3) is 21.5 Å². The Labute approximate surface area is 144 Å². The molecule has 0 heterocycles. The molecule has 25 heavy (non-hydrogen) atoms. The van der Waals surface area contributed by atoms with Crippen molar-refractivity contribution in [3.8, 4) is 0 Å². The molecule has 0 bridgehead atoms. The maximum Gasteiger partial charge on any atom is 0.271 e. The molecule has 0 aliphatic heterocycles. The normalized spacial score (nSPS) is 11.4. The van der Waals surface area contributed by atoms with Crippen LogP contribution in [0.3, 0.4) is 0 Å². The molecule has 0 N–H and O–H groups in total. The Kier molecular flexibility index (Phi) is 3.71. The Morgan fingerprint density at radius 3 is 2.08 bits per heavy atom. The number of non-ortho nitro benzene ring substituents is 1. The van der Waals surface area contributed by atoms with Gasteiger partial charge in [-0.3, -0.25) is 15.1 Å². The Morgan fingerprint density at radius 2 is 1.44 bits per heavy atom. The summed E-state index contributed by atoms with van der Waals surface area (Å²) >= 11 is 0. The van der Waals surface area contributed by atoms with Gasteiger partial charge in [-0.25, -0.2) is 0 Å². The SMILES string of the molecule is O=[N+]([O-])c1cccc(N=Cc2c3ccccc3cc3ccccc23)c1. The first-order chi connectivity index (χ1) is 12.2. The van der Waals surface area contributed by atoms with E-state index in [0.29, 0.717) is 5.69 Å². The van der Waals surface area contributed by atoms with Crippen LogP contribution in [0.15, 0.2) is 83.9 Å². The average Bonchev–Trinajstić information content (AvgIpc) is 2.65. The lowest BCUT2D eigenvalue weighted by Gasteiger charge is -2.07. The van der Waals surface area contributed by atoms with Crippen molar-refractivity contribution in [2.24, 2.45) is 4.99 Å². The summed E-state index contributed by atoms with van der Waals surface area (Å²) in [6.45, 7) is 0. The number of nitrogens with zero attached hydrogens (tertiary/aromatic N) is 2. The van der Waals surface area contributed by atoms with E-state index in [1.165, 1.54) is 12.1 Å². The summed E-state index contributed by atoms with van der Waals surface area (Å²) in [6, 6.07) is 24.8. The molecular weight excluding hydrogens is 312 g/mol. The molecule has 120 valence electrons. The maximum absolute atomic E-state index is 10.9. The lowest BCUT2D eigenvalue weighted by atomic mass is 9.97. The Bertz CT molecular complexity index is 1080. The van der Waals surface area contributed by atoms with E-state index in [1.807, 2.05) is 24.3 Å². The number of fused-ring (bicyclic) bond motifs is 2. The molecule has 0 amide bonds. The number of nitro groups is 1. The fraction of sp³-hybridized carbons (Fsp3) is 0. The molecule has 0 spiro atoms. The van der Waals surface area contributed by atoms with E-state index in [9.17, 15) is 10.1 Å². The Balaban J connectivity index is 1.90. The molecule has 4 nitrogen and oxygen atoms in total. The van der Waals surface area contributed by atoms with Gasteiger partial charge in [0.2, 0.25) is 0 Å². The fourth-order valence-corrected chi connectivity index (χ4v) is 3.01. The lowest BCUT2D eigenvalue weighted by molar-refractivity contribution is -0.384. The third-order valence-corrected chi connectivity index (χ3v) is 4.20. The second-order valence-corrected chi connectivity index (χ2v) is 5.77. The van der Waals surface area contributed by atoms with Crippen LogP contribution in [0.1, 0.15) is 5.56 Å². The van der Waals surface area contributed by atoms with Crippen LogP contribution < -0.4 is 0 Å². The molecule has 0 saturated carbocycles. The van der Waals surface area contributed by atoms with Crippen molar-refractivity contribution in [3.05, 3.63) is 94.5 Å². The summed E-state index contributed by atoms with van der Waals surface area (Å²) < 4.78 is 0. The third kappa shape index (κ3) is 2.85. The monoisotopic (exact) mass is 326 g/mol. The molecule has 0 aromatic heterocycles. The second kappa shape index (κ2) is 6.17. The van der Waals surface area contributed by atoms with Crippen molar-refractivity contribution >= 4 is 39.1 Å². The standard InChI is InChI=1S/C21H14N2O2/c24-23(25)18-9-5-8-17(13-18)22-14-21-19-10-3-1-6-15(19)12-16-7-2-4-11-20(16)21/h1-14H. The molecular formula is C21H14N2O2. The van der Waals surface area contributed by atoms with Gasteiger partial charge in [-0.05, 0) is 33.7 Å². The Hall–Kier alpha value is -3.53. The topological polar surface area (TPSA) is 55.5 Å². The van der Waals surface area contributed by atoms with Crippen molar-refractivity contribution < 1.29 is 4.92 Å². The van der Waals surface area contributed by atoms with Crippen molar-refractivity contribution in [1.82, 2.24) is 0 Å². The predicted molar refractivity (Wildman–Crippen MR) is 102 cm³/mol. The summed E-state index contributed by atoms with van der Waals surface area (Å²) in [5, 5.41) is 15.4. The minimum atomic E-state index is -0.410. The summed E-state index contributed by atoms with van der Waals surface area (Å²) in [6.07, 6.45) is 1.80. The zero-order chi connectivity index (χ0) is 17.2. The van der Waals surface area contributed by atoms with E-state index < -0.39 is 4.92 Å². The van der Waals surface area contributed by atoms with Crippen LogP contribution >= 0.6 is 0 Å². The number of aliphatic imine (C=N–C) groups is 1. The van der Waals surface area contributed by atoms with Crippen molar-refractivity contribution in [2.45, 2.75) is 0 Å². The molecule has 0 aliphatic carbocycles. The van der Waals surface area contributed by atoms with Crippen LogP contribution in [0.4, 0.5) is 11.4 Å². The molecule has 4 heteroatoms. The zero-order valence-electron chi connectivity index (χ0n) is 13.3. The molecule has 0 radical (unpaired) electrons. The van der Waals surface area contributed by atoms with Crippen LogP contribution in [0.2, 0.25) is 0 Å². The van der Waals surface area contributed by atoms with Gasteiger partial charge in [0.15, 0.2) is 0 Å². The van der Waals surface area contributed by atoms with Crippen molar-refractivity contribution in [1.29, 1.82) is 0 Å². The van der Waals surface area contributed by atoms with E-state index in [1.54, 1.807) is 18.3 Å². The summed E-state index contributed by atoms with van der Waals surface area (Å²) in [7, 11) is 0. The molecule has 0 unspecified atom stereocenters. The van der Waals surface area contributed by atoms with Gasteiger partial charge in [-0.1, -0.05) is 54.6 Å². The van der Waals surface area contributed by atoms with Gasteiger partial charge in [0, 0.05) is 23.9 Å². The molecule has 0 aliphatic rings. The highest BCUT2D eigenvalue weighted by atomic mass is 16.6. The highest BCUT2D eigenvalue weighted by Gasteiger charge is 2.07. The molecule has 4 rings (SSSR count). The highest BCUT2D eigenvalue weighted by Crippen LogP contribution is 2.28. The number of hydrogen-bond acceptors (Lipinski definition) is 3. The van der Waals surface area contributed by atoms with Gasteiger partial charge in [0.05, 0.1) is 10.6 Å². The first-order valence-corrected chi connectivity index (χ1v) is 7.91. The third-order valence-electron chi connectivity index (χ3n) is 4.20. The molecule has 0 saturated heterocycles. The van der Waals surface area contributed by atoms with Gasteiger partial charge in [-0.2, -0.15) is 0 Å². The van der Waals surface area contributed by atoms with E-state index in [2.05, 4.69) is 35.3 Å². The summed E-state index contributed by atoms with van der Waals surface area (Å²) in [5.74, 6) is 0. The summed E-state index contributed by atoms with van der Waals surface area (Å²) in [5.41, 5.74) is 1.61. The minimum Gasteiger partial charge on any atom is -0.258 e. The van der Waals surface area contributed by atoms with E-state index in [0.717, 1.165) is 27.1 Å². The average molecular weight is 326 g/mol. The smallest absolute Gasteiger partial charge is 0.258 e. The van der Waals surface area contributed by atoms with Crippen molar-refractivity contribution in [3.63, 3.8) is 0 Å². The number of nitro benzene ring substituents is 1. The van der Waals surface area contributed by atoms with Gasteiger partial charge < -0.3 is 0 Å². The van der Waals surface area contributed by atoms with Crippen LogP contribution in [-0.4, -0.2) is 11.1 Å². The number of hydrogen-bond donors (Lipinski definition) is 0. The van der Waals surface area contributed by atoms with Crippen LogP contribution in [0.5, 0.6) is 0 Å². The number of benzene rings is 4. The van der Waals surface area contributed by atoms with E-state index in [4.69, 9.17) is 0 Å². The summed E-state index contributed by atoms with van der Waals surface area (Å²) in [4.78, 5) is 15.0. The van der Waals surface area contributed by atoms with Crippen molar-refractivity contribution in [2.75, 3.05) is 0 Å². The van der Waals surface area contributed by atoms with Crippen LogP contribution in [0, 0.1) is 10.1 Å². The Morgan fingerprint density at radius 1 is 0.800 bits per heavy atom. The fourth-order valence-electron chi connectivity index (χ4n) is 3.01. The van der Waals surface area contributed by atoms with E-state index in [-0.39, 0.29) is 5.69 Å². The second-order valence-electron chi connectivity index (χ2n) is 5.77. The zero-order valence-corrected chi connectivity index (χ0v) is 13.3. The van der Waals surface area contributed by atoms with Gasteiger partial charge in [0.1, 0.15) is 0 Å². The maximum atomic E-state index is 10.9. The quantitative estimate of drug-likeness (QED) is 0.211.